The molecular weight excluding hydrogens is 192 g/mol. The van der Waals surface area contributed by atoms with Gasteiger partial charge in [0, 0.05) is 12.2 Å². The van der Waals surface area contributed by atoms with Crippen molar-refractivity contribution in [1.29, 1.82) is 0 Å². The molecule has 14 heavy (non-hydrogen) atoms. The van der Waals surface area contributed by atoms with Gasteiger partial charge < -0.3 is 9.21 Å². The highest BCUT2D eigenvalue weighted by Gasteiger charge is 2.21. The second-order valence-corrected chi connectivity index (χ2v) is 4.25. The number of hydrogen-bond donors (Lipinski definition) is 1. The van der Waals surface area contributed by atoms with E-state index < -0.39 is 0 Å². The lowest BCUT2D eigenvalue weighted by Gasteiger charge is -2.36. The van der Waals surface area contributed by atoms with Crippen LogP contribution in [-0.2, 0) is 0 Å². The fraction of sp³-hybridized carbons (Fsp3) is 0.636. The fourth-order valence-corrected chi connectivity index (χ4v) is 2.28. The maximum Gasteiger partial charge on any atom is 0.0531 e. The summed E-state index contributed by atoms with van der Waals surface area (Å²) in [6, 6.07) is 0.515. The molecule has 1 unspecified atom stereocenters. The Morgan fingerprint density at radius 3 is 2.86 bits per heavy atom. The van der Waals surface area contributed by atoms with Crippen molar-refractivity contribution in [3.05, 3.63) is 24.4 Å². The molecule has 1 atom stereocenters. The molecule has 1 saturated heterocycles. The van der Waals surface area contributed by atoms with Crippen LogP contribution in [0.2, 0.25) is 0 Å². The van der Waals surface area contributed by atoms with E-state index in [0.717, 1.165) is 12.2 Å². The summed E-state index contributed by atoms with van der Waals surface area (Å²) in [7, 11) is 2.16. The molecule has 0 aromatic heterocycles. The van der Waals surface area contributed by atoms with Crippen LogP contribution >= 0.6 is 12.8 Å². The van der Waals surface area contributed by atoms with Crippen LogP contribution in [0.4, 0.5) is 0 Å². The molecule has 3 heteroatoms. The molecule has 1 heterocycles. The van der Waals surface area contributed by atoms with Crippen molar-refractivity contribution in [2.24, 2.45) is 0 Å². The summed E-state index contributed by atoms with van der Waals surface area (Å²) >= 11 is 4.54. The Morgan fingerprint density at radius 1 is 1.64 bits per heavy atom. The molecule has 0 N–H and O–H groups in total. The number of likely N-dealkylation sites (N-methyl/N-ethyl adjacent to an activating group) is 1. The van der Waals surface area contributed by atoms with Gasteiger partial charge in [0.2, 0.25) is 0 Å². The van der Waals surface area contributed by atoms with Gasteiger partial charge in [-0.3, -0.25) is 0 Å². The molecule has 0 radical (unpaired) electrons. The molecule has 0 bridgehead atoms. The van der Waals surface area contributed by atoms with Gasteiger partial charge in [0.15, 0.2) is 0 Å². The van der Waals surface area contributed by atoms with Gasteiger partial charge in [-0.05, 0) is 39.4 Å². The molecule has 0 saturated carbocycles. The van der Waals surface area contributed by atoms with E-state index in [9.17, 15) is 0 Å². The zero-order valence-electron chi connectivity index (χ0n) is 9.11. The number of piperidine rings is 1. The van der Waals surface area contributed by atoms with Crippen molar-refractivity contribution >= 4 is 12.8 Å². The molecule has 1 rings (SSSR count). The summed E-state index contributed by atoms with van der Waals surface area (Å²) in [6.45, 7) is 8.11. The Balaban J connectivity index is 2.58. The highest BCUT2D eigenvalue weighted by atomic mass is 32.1. The van der Waals surface area contributed by atoms with Crippen molar-refractivity contribution in [3.8, 4) is 0 Å². The van der Waals surface area contributed by atoms with Crippen LogP contribution in [0.1, 0.15) is 19.8 Å². The lowest BCUT2D eigenvalue weighted by atomic mass is 10.1. The second-order valence-electron chi connectivity index (χ2n) is 3.82. The molecule has 1 aliphatic rings. The minimum atomic E-state index is 0.515. The van der Waals surface area contributed by atoms with E-state index in [1.165, 1.54) is 19.4 Å². The largest absolute Gasteiger partial charge is 0.315 e. The summed E-state index contributed by atoms with van der Waals surface area (Å²) in [6.07, 6.45) is 6.39. The molecule has 1 fully saturated rings. The minimum Gasteiger partial charge on any atom is -0.315 e. The zero-order valence-corrected chi connectivity index (χ0v) is 10.0. The first-order valence-corrected chi connectivity index (χ1v) is 5.54. The standard InChI is InChI=1S/C11H20N2S/c1-4-10(5-2)13(14)11-7-6-8-12(3)9-11/h4-5,11,14H,1,6-9H2,2-3H3/b10-5+. The Bertz CT molecular complexity index is 225. The van der Waals surface area contributed by atoms with Crippen LogP contribution < -0.4 is 0 Å². The molecule has 0 spiro atoms. The second kappa shape index (κ2) is 5.47. The Hall–Kier alpha value is -0.410. The lowest BCUT2D eigenvalue weighted by molar-refractivity contribution is 0.200. The summed E-state index contributed by atoms with van der Waals surface area (Å²) in [5, 5.41) is 0. The first-order chi connectivity index (χ1) is 6.69. The van der Waals surface area contributed by atoms with Gasteiger partial charge in [0.05, 0.1) is 6.04 Å². The predicted molar refractivity (Wildman–Crippen MR) is 65.3 cm³/mol. The Morgan fingerprint density at radius 2 is 2.36 bits per heavy atom. The van der Waals surface area contributed by atoms with E-state index in [0.29, 0.717) is 6.04 Å². The predicted octanol–water partition coefficient (Wildman–Crippen LogP) is 2.32. The highest BCUT2D eigenvalue weighted by Crippen LogP contribution is 2.21. The number of thiol groups is 1. The normalized spacial score (nSPS) is 24.8. The first-order valence-electron chi connectivity index (χ1n) is 5.14. The van der Waals surface area contributed by atoms with Gasteiger partial charge >= 0.3 is 0 Å². The van der Waals surface area contributed by atoms with Gasteiger partial charge in [-0.25, -0.2) is 0 Å². The van der Waals surface area contributed by atoms with E-state index in [1.54, 1.807) is 0 Å². The van der Waals surface area contributed by atoms with E-state index in [-0.39, 0.29) is 0 Å². The molecule has 0 amide bonds. The summed E-state index contributed by atoms with van der Waals surface area (Å²) in [5.74, 6) is 0. The van der Waals surface area contributed by atoms with E-state index in [1.807, 2.05) is 17.3 Å². The van der Waals surface area contributed by atoms with Crippen molar-refractivity contribution in [2.75, 3.05) is 20.1 Å². The highest BCUT2D eigenvalue weighted by molar-refractivity contribution is 7.77. The van der Waals surface area contributed by atoms with Crippen LogP contribution in [0.3, 0.4) is 0 Å². The first kappa shape index (κ1) is 11.7. The molecule has 1 aliphatic heterocycles. The number of hydrogen-bond acceptors (Lipinski definition) is 3. The zero-order chi connectivity index (χ0) is 10.6. The Kier molecular flexibility index (Phi) is 4.55. The fourth-order valence-electron chi connectivity index (χ4n) is 1.89. The third-order valence-corrected chi connectivity index (χ3v) is 3.27. The van der Waals surface area contributed by atoms with Crippen molar-refractivity contribution < 1.29 is 0 Å². The quantitative estimate of drug-likeness (QED) is 0.566. The maximum absolute atomic E-state index is 4.54. The van der Waals surface area contributed by atoms with Crippen LogP contribution in [-0.4, -0.2) is 35.4 Å². The molecule has 0 aromatic rings. The number of nitrogens with zero attached hydrogens (tertiary/aromatic N) is 2. The molecule has 80 valence electrons. The average molecular weight is 212 g/mol. The topological polar surface area (TPSA) is 6.48 Å². The van der Waals surface area contributed by atoms with Crippen molar-refractivity contribution in [3.63, 3.8) is 0 Å². The van der Waals surface area contributed by atoms with Crippen molar-refractivity contribution in [1.82, 2.24) is 9.21 Å². The number of likely N-dealkylation sites (tertiary alicyclic amines) is 1. The van der Waals surface area contributed by atoms with E-state index in [4.69, 9.17) is 0 Å². The minimum absolute atomic E-state index is 0.515. The average Bonchev–Trinajstić information content (AvgIpc) is 2.19. The van der Waals surface area contributed by atoms with Crippen LogP contribution in [0, 0.1) is 0 Å². The third-order valence-electron chi connectivity index (χ3n) is 2.71. The lowest BCUT2D eigenvalue weighted by Crippen LogP contribution is -2.42. The van der Waals surface area contributed by atoms with Crippen LogP contribution in [0.15, 0.2) is 24.4 Å². The third kappa shape index (κ3) is 2.79. The smallest absolute Gasteiger partial charge is 0.0531 e. The molecular formula is C11H20N2S. The van der Waals surface area contributed by atoms with E-state index >= 15 is 0 Å². The molecule has 0 aliphatic carbocycles. The number of rotatable bonds is 3. The van der Waals surface area contributed by atoms with Gasteiger partial charge in [0.1, 0.15) is 0 Å². The summed E-state index contributed by atoms with van der Waals surface area (Å²) in [5.41, 5.74) is 1.11. The summed E-state index contributed by atoms with van der Waals surface area (Å²) < 4.78 is 2.04. The summed E-state index contributed by atoms with van der Waals surface area (Å²) in [4.78, 5) is 2.35. The van der Waals surface area contributed by atoms with Crippen molar-refractivity contribution in [2.45, 2.75) is 25.8 Å². The molecule has 0 aromatic carbocycles. The van der Waals surface area contributed by atoms with Crippen LogP contribution in [0.5, 0.6) is 0 Å². The maximum atomic E-state index is 4.54. The number of allylic oxidation sites excluding steroid dienone is 2. The Labute approximate surface area is 92.8 Å². The molecule has 2 nitrogen and oxygen atoms in total. The van der Waals surface area contributed by atoms with E-state index in [2.05, 4.69) is 37.4 Å². The van der Waals surface area contributed by atoms with Gasteiger partial charge in [-0.15, -0.1) is 0 Å². The van der Waals surface area contributed by atoms with Crippen LogP contribution in [0.25, 0.3) is 0 Å². The van der Waals surface area contributed by atoms with Gasteiger partial charge in [-0.2, -0.15) is 0 Å². The monoisotopic (exact) mass is 212 g/mol. The van der Waals surface area contributed by atoms with Gasteiger partial charge in [-0.1, -0.05) is 25.5 Å². The SMILES string of the molecule is C=C/C(=C\C)N(S)C1CCCN(C)C1. The van der Waals surface area contributed by atoms with Gasteiger partial charge in [0.25, 0.3) is 0 Å².